The lowest BCUT2D eigenvalue weighted by atomic mass is 10.2. The van der Waals surface area contributed by atoms with Gasteiger partial charge in [-0.1, -0.05) is 19.1 Å². The lowest BCUT2D eigenvalue weighted by molar-refractivity contribution is 0.0941. The maximum atomic E-state index is 12.2. The first-order valence-electron chi connectivity index (χ1n) is 7.53. The fourth-order valence-electron chi connectivity index (χ4n) is 2.13. The average molecular weight is 335 g/mol. The molecule has 0 aliphatic rings. The molecule has 0 radical (unpaired) electrons. The van der Waals surface area contributed by atoms with E-state index in [1.165, 1.54) is 0 Å². The van der Waals surface area contributed by atoms with Gasteiger partial charge in [-0.15, -0.1) is 0 Å². The number of amides is 1. The van der Waals surface area contributed by atoms with Crippen LogP contribution in [0.5, 0.6) is 5.75 Å². The normalized spacial score (nSPS) is 10.3. The summed E-state index contributed by atoms with van der Waals surface area (Å²) in [7, 11) is 1.72. The molecule has 7 heteroatoms. The van der Waals surface area contributed by atoms with E-state index in [0.29, 0.717) is 24.1 Å². The van der Waals surface area contributed by atoms with Crippen molar-refractivity contribution in [2.75, 3.05) is 6.61 Å². The molecule has 1 aromatic heterocycles. The Kier molecular flexibility index (Phi) is 6.06. The molecular weight excluding hydrogens is 316 g/mol. The van der Waals surface area contributed by atoms with Gasteiger partial charge in [-0.3, -0.25) is 9.48 Å². The van der Waals surface area contributed by atoms with E-state index in [4.69, 9.17) is 4.74 Å². The number of halogens is 2. The van der Waals surface area contributed by atoms with Crippen molar-refractivity contribution in [1.82, 2.24) is 15.1 Å². The van der Waals surface area contributed by atoms with Crippen LogP contribution in [0.1, 0.15) is 28.7 Å². The summed E-state index contributed by atoms with van der Waals surface area (Å²) < 4.78 is 30.7. The first-order valence-corrected chi connectivity index (χ1v) is 7.53. The molecule has 0 aliphatic carbocycles. The Morgan fingerprint density at radius 3 is 2.83 bits per heavy atom. The van der Waals surface area contributed by atoms with Crippen molar-refractivity contribution >= 4 is 5.91 Å². The van der Waals surface area contributed by atoms with Gasteiger partial charge in [-0.2, -0.15) is 13.9 Å². The minimum Gasteiger partial charge on any atom is -0.489 e. The molecule has 0 fully saturated rings. The van der Waals surface area contributed by atoms with Crippen LogP contribution in [-0.4, -0.2) is 22.3 Å². The highest BCUT2D eigenvalue weighted by molar-refractivity contribution is 5.92. The third-order valence-electron chi connectivity index (χ3n) is 3.36. The van der Waals surface area contributed by atoms with Crippen molar-refractivity contribution in [3.05, 3.63) is 59.4 Å². The van der Waals surface area contributed by atoms with Crippen LogP contribution in [0.15, 0.2) is 42.5 Å². The summed E-state index contributed by atoms with van der Waals surface area (Å²) >= 11 is 0. The van der Waals surface area contributed by atoms with Crippen LogP contribution in [0.25, 0.3) is 0 Å². The van der Waals surface area contributed by atoms with Gasteiger partial charge in [0.25, 0.3) is 12.0 Å². The van der Waals surface area contributed by atoms with Crippen LogP contribution in [0.4, 0.5) is 8.78 Å². The molecule has 5 nitrogen and oxygen atoms in total. The highest BCUT2D eigenvalue weighted by Gasteiger charge is 2.12. The van der Waals surface area contributed by atoms with Gasteiger partial charge >= 0.3 is 0 Å². The monoisotopic (exact) mass is 335 g/mol. The number of nitrogens with one attached hydrogen (secondary N) is 1. The number of hydrogen-bond acceptors (Lipinski definition) is 3. The maximum absolute atomic E-state index is 12.2. The second-order valence-corrected chi connectivity index (χ2v) is 5.13. The highest BCUT2D eigenvalue weighted by Crippen LogP contribution is 2.14. The van der Waals surface area contributed by atoms with Crippen molar-refractivity contribution in [1.29, 1.82) is 0 Å². The lowest BCUT2D eigenvalue weighted by Crippen LogP contribution is -2.25. The molecule has 1 aromatic carbocycles. The topological polar surface area (TPSA) is 56.1 Å². The zero-order chi connectivity index (χ0) is 17.5. The Morgan fingerprint density at radius 2 is 2.17 bits per heavy atom. The van der Waals surface area contributed by atoms with Gasteiger partial charge in [0.2, 0.25) is 0 Å². The number of hydrogen-bond donors (Lipinski definition) is 1. The van der Waals surface area contributed by atoms with Crippen LogP contribution in [-0.2, 0) is 20.0 Å². The fourth-order valence-corrected chi connectivity index (χ4v) is 2.13. The molecule has 0 spiro atoms. The van der Waals surface area contributed by atoms with E-state index < -0.39 is 6.08 Å². The fraction of sp³-hybridized carbons (Fsp3) is 0.294. The quantitative estimate of drug-likeness (QED) is 0.846. The number of aromatic nitrogens is 2. The predicted octanol–water partition coefficient (Wildman–Crippen LogP) is 3.07. The molecule has 0 bridgehead atoms. The third-order valence-corrected chi connectivity index (χ3v) is 3.36. The van der Waals surface area contributed by atoms with Gasteiger partial charge in [-0.25, -0.2) is 0 Å². The Labute approximate surface area is 138 Å². The summed E-state index contributed by atoms with van der Waals surface area (Å²) in [4.78, 5) is 12.2. The van der Waals surface area contributed by atoms with Crippen molar-refractivity contribution < 1.29 is 18.3 Å². The first kappa shape index (κ1) is 17.7. The minimum absolute atomic E-state index is 0.201. The first-order chi connectivity index (χ1) is 11.5. The number of carbonyl (C=O) groups is 1. The second-order valence-electron chi connectivity index (χ2n) is 5.13. The molecule has 24 heavy (non-hydrogen) atoms. The van der Waals surface area contributed by atoms with E-state index in [1.54, 1.807) is 36.0 Å². The average Bonchev–Trinajstić information content (AvgIpc) is 2.94. The molecule has 128 valence electrons. The maximum Gasteiger partial charge on any atom is 0.269 e. The molecule has 1 heterocycles. The third kappa shape index (κ3) is 4.91. The van der Waals surface area contributed by atoms with E-state index in [2.05, 4.69) is 10.4 Å². The molecule has 0 atom stereocenters. The molecule has 1 N–H and O–H groups in total. The summed E-state index contributed by atoms with van der Waals surface area (Å²) in [6.07, 6.45) is -0.322. The summed E-state index contributed by atoms with van der Waals surface area (Å²) in [5.41, 5.74) is 2.15. The predicted molar refractivity (Wildman–Crippen MR) is 86.0 cm³/mol. The molecule has 2 rings (SSSR count). The summed E-state index contributed by atoms with van der Waals surface area (Å²) in [5.74, 6) is 0.242. The van der Waals surface area contributed by atoms with E-state index in [0.717, 1.165) is 17.7 Å². The van der Waals surface area contributed by atoms with Crippen molar-refractivity contribution in [2.24, 2.45) is 7.05 Å². The van der Waals surface area contributed by atoms with E-state index in [9.17, 15) is 13.6 Å². The number of rotatable bonds is 7. The van der Waals surface area contributed by atoms with Crippen LogP contribution >= 0.6 is 0 Å². The van der Waals surface area contributed by atoms with Gasteiger partial charge < -0.3 is 10.1 Å². The Bertz CT molecular complexity index is 737. The van der Waals surface area contributed by atoms with Crippen molar-refractivity contribution in [2.45, 2.75) is 19.9 Å². The van der Waals surface area contributed by atoms with Gasteiger partial charge in [0.1, 0.15) is 18.1 Å². The van der Waals surface area contributed by atoms with E-state index in [-0.39, 0.29) is 12.5 Å². The Morgan fingerprint density at radius 1 is 1.38 bits per heavy atom. The molecule has 0 saturated heterocycles. The van der Waals surface area contributed by atoms with Crippen LogP contribution < -0.4 is 10.1 Å². The van der Waals surface area contributed by atoms with Crippen molar-refractivity contribution in [3.8, 4) is 5.75 Å². The molecule has 0 saturated carbocycles. The lowest BCUT2D eigenvalue weighted by Gasteiger charge is -2.08. The van der Waals surface area contributed by atoms with Gasteiger partial charge in [0.15, 0.2) is 0 Å². The second kappa shape index (κ2) is 8.24. The number of aryl methyl sites for hydroxylation is 2. The summed E-state index contributed by atoms with van der Waals surface area (Å²) in [5, 5.41) is 7.04. The number of carbonyl (C=O) groups excluding carboxylic acids is 1. The van der Waals surface area contributed by atoms with E-state index in [1.807, 2.05) is 13.0 Å². The molecule has 2 aromatic rings. The largest absolute Gasteiger partial charge is 0.489 e. The van der Waals surface area contributed by atoms with Crippen LogP contribution in [0, 0.1) is 0 Å². The summed E-state index contributed by atoms with van der Waals surface area (Å²) in [6, 6.07) is 8.69. The molecule has 1 amide bonds. The Balaban J connectivity index is 1.95. The molecule has 0 unspecified atom stereocenters. The van der Waals surface area contributed by atoms with Crippen molar-refractivity contribution in [3.63, 3.8) is 0 Å². The molecule has 0 aliphatic heterocycles. The van der Waals surface area contributed by atoms with Crippen LogP contribution in [0.3, 0.4) is 0 Å². The van der Waals surface area contributed by atoms with Gasteiger partial charge in [-0.05, 0) is 30.2 Å². The smallest absolute Gasteiger partial charge is 0.269 e. The van der Waals surface area contributed by atoms with Gasteiger partial charge in [0, 0.05) is 19.7 Å². The zero-order valence-corrected chi connectivity index (χ0v) is 13.6. The number of benzene rings is 1. The zero-order valence-electron chi connectivity index (χ0n) is 13.6. The molecular formula is C17H19F2N3O2. The van der Waals surface area contributed by atoms with E-state index >= 15 is 0 Å². The standard InChI is InChI=1S/C17H19F2N3O2/c1-3-13-10-15(22(2)21-13)17(23)20-11-12-5-4-6-14(9-12)24-8-7-16(18)19/h4-7,9-10H,3,8,11H2,1-2H3,(H,20,23). The number of ether oxygens (including phenoxy) is 1. The Hall–Kier alpha value is -2.70. The minimum atomic E-state index is -1.78. The summed E-state index contributed by atoms with van der Waals surface area (Å²) in [6.45, 7) is 2.07. The highest BCUT2D eigenvalue weighted by atomic mass is 19.3. The van der Waals surface area contributed by atoms with Crippen LogP contribution in [0.2, 0.25) is 0 Å². The van der Waals surface area contributed by atoms with Gasteiger partial charge in [0.05, 0.1) is 5.69 Å². The SMILES string of the molecule is CCc1cc(C(=O)NCc2cccc(OCC=C(F)F)c2)n(C)n1. The number of nitrogens with zero attached hydrogens (tertiary/aromatic N) is 2.